The highest BCUT2D eigenvalue weighted by molar-refractivity contribution is 6.31. The molecular formula is C22H21ClN4O. The molecule has 1 amide bonds. The van der Waals surface area contributed by atoms with Crippen molar-refractivity contribution in [1.82, 2.24) is 9.97 Å². The SMILES string of the molecule is Cc1cc(C(=O)Nc2cccc(Cl)c2C)nc(N2c3ccccc3CC2C)n1. The Morgan fingerprint density at radius 3 is 2.75 bits per heavy atom. The zero-order valence-electron chi connectivity index (χ0n) is 16.0. The minimum absolute atomic E-state index is 0.227. The smallest absolute Gasteiger partial charge is 0.274 e. The molecule has 0 saturated heterocycles. The molecule has 1 aliphatic rings. The van der Waals surface area contributed by atoms with Crippen LogP contribution in [0.15, 0.2) is 48.5 Å². The number of nitrogens with one attached hydrogen (secondary N) is 1. The van der Waals surface area contributed by atoms with Gasteiger partial charge in [-0.3, -0.25) is 4.79 Å². The Labute approximate surface area is 169 Å². The predicted octanol–water partition coefficient (Wildman–Crippen LogP) is 5.08. The maximum absolute atomic E-state index is 12.9. The molecule has 0 fully saturated rings. The van der Waals surface area contributed by atoms with Gasteiger partial charge in [0.25, 0.3) is 5.91 Å². The fraction of sp³-hybridized carbons (Fsp3) is 0.227. The second-order valence-electron chi connectivity index (χ2n) is 7.11. The standard InChI is InChI=1S/C22H21ClN4O/c1-13-11-19(21(28)25-18-9-6-8-17(23)15(18)3)26-22(24-13)27-14(2)12-16-7-4-5-10-20(16)27/h4-11,14H,12H2,1-3H3,(H,25,28). The van der Waals surface area contributed by atoms with Crippen molar-refractivity contribution in [1.29, 1.82) is 0 Å². The molecule has 28 heavy (non-hydrogen) atoms. The van der Waals surface area contributed by atoms with E-state index in [4.69, 9.17) is 11.6 Å². The largest absolute Gasteiger partial charge is 0.320 e. The Morgan fingerprint density at radius 2 is 1.93 bits per heavy atom. The summed E-state index contributed by atoms with van der Waals surface area (Å²) in [6, 6.07) is 15.6. The average molecular weight is 393 g/mol. The van der Waals surface area contributed by atoms with Crippen molar-refractivity contribution >= 4 is 34.8 Å². The van der Waals surface area contributed by atoms with Gasteiger partial charge < -0.3 is 10.2 Å². The van der Waals surface area contributed by atoms with Crippen LogP contribution >= 0.6 is 11.6 Å². The van der Waals surface area contributed by atoms with Crippen LogP contribution in [-0.2, 0) is 6.42 Å². The minimum atomic E-state index is -0.280. The Bertz CT molecular complexity index is 1070. The Kier molecular flexibility index (Phi) is 4.77. The second-order valence-corrected chi connectivity index (χ2v) is 7.52. The van der Waals surface area contributed by atoms with E-state index in [0.717, 1.165) is 23.4 Å². The van der Waals surface area contributed by atoms with Gasteiger partial charge in [0.1, 0.15) is 5.69 Å². The number of aromatic nitrogens is 2. The van der Waals surface area contributed by atoms with E-state index < -0.39 is 0 Å². The summed E-state index contributed by atoms with van der Waals surface area (Å²) in [6.45, 7) is 5.89. The molecule has 0 radical (unpaired) electrons. The first-order valence-corrected chi connectivity index (χ1v) is 9.61. The van der Waals surface area contributed by atoms with Crippen LogP contribution in [0.1, 0.15) is 34.2 Å². The summed E-state index contributed by atoms with van der Waals surface area (Å²) >= 11 is 6.16. The lowest BCUT2D eigenvalue weighted by atomic mass is 10.1. The molecule has 0 saturated carbocycles. The third kappa shape index (κ3) is 3.34. The summed E-state index contributed by atoms with van der Waals surface area (Å²) in [6.07, 6.45) is 0.927. The topological polar surface area (TPSA) is 58.1 Å². The molecule has 6 heteroatoms. The van der Waals surface area contributed by atoms with Gasteiger partial charge in [0.05, 0.1) is 0 Å². The third-order valence-corrected chi connectivity index (χ3v) is 5.42. The number of fused-ring (bicyclic) bond motifs is 1. The van der Waals surface area contributed by atoms with E-state index >= 15 is 0 Å². The van der Waals surface area contributed by atoms with Gasteiger partial charge in [0.15, 0.2) is 0 Å². The highest BCUT2D eigenvalue weighted by atomic mass is 35.5. The Morgan fingerprint density at radius 1 is 1.14 bits per heavy atom. The molecule has 0 bridgehead atoms. The number of hydrogen-bond donors (Lipinski definition) is 1. The van der Waals surface area contributed by atoms with Gasteiger partial charge in [0, 0.05) is 28.1 Å². The molecule has 0 aliphatic carbocycles. The molecular weight excluding hydrogens is 372 g/mol. The molecule has 142 valence electrons. The molecule has 1 aliphatic heterocycles. The predicted molar refractivity (Wildman–Crippen MR) is 113 cm³/mol. The second kappa shape index (κ2) is 7.24. The quantitative estimate of drug-likeness (QED) is 0.675. The molecule has 1 N–H and O–H groups in total. The van der Waals surface area contributed by atoms with Gasteiger partial charge in [-0.25, -0.2) is 9.97 Å². The van der Waals surface area contributed by atoms with Crippen LogP contribution in [0.4, 0.5) is 17.3 Å². The molecule has 4 rings (SSSR count). The van der Waals surface area contributed by atoms with Crippen LogP contribution in [0.3, 0.4) is 0 Å². The molecule has 1 unspecified atom stereocenters. The van der Waals surface area contributed by atoms with Crippen LogP contribution in [0.2, 0.25) is 5.02 Å². The normalized spacial score (nSPS) is 15.4. The zero-order valence-corrected chi connectivity index (χ0v) is 16.8. The Balaban J connectivity index is 1.68. The Hall–Kier alpha value is -2.92. The van der Waals surface area contributed by atoms with Crippen molar-refractivity contribution in [2.24, 2.45) is 0 Å². The van der Waals surface area contributed by atoms with Crippen molar-refractivity contribution in [3.63, 3.8) is 0 Å². The van der Waals surface area contributed by atoms with E-state index in [-0.39, 0.29) is 11.9 Å². The molecule has 5 nitrogen and oxygen atoms in total. The lowest BCUT2D eigenvalue weighted by Crippen LogP contribution is -2.27. The van der Waals surface area contributed by atoms with Crippen molar-refractivity contribution in [3.05, 3.63) is 76.1 Å². The highest BCUT2D eigenvalue weighted by Crippen LogP contribution is 2.36. The van der Waals surface area contributed by atoms with E-state index in [1.165, 1.54) is 5.56 Å². The first-order valence-electron chi connectivity index (χ1n) is 9.23. The van der Waals surface area contributed by atoms with Crippen molar-refractivity contribution in [3.8, 4) is 0 Å². The van der Waals surface area contributed by atoms with E-state index in [0.29, 0.717) is 22.4 Å². The number of carbonyl (C=O) groups excluding carboxylic acids is 1. The average Bonchev–Trinajstić information content (AvgIpc) is 3.00. The van der Waals surface area contributed by atoms with Crippen LogP contribution in [0.25, 0.3) is 0 Å². The van der Waals surface area contributed by atoms with Gasteiger partial charge in [-0.2, -0.15) is 0 Å². The van der Waals surface area contributed by atoms with Gasteiger partial charge in [-0.05, 0) is 62.6 Å². The van der Waals surface area contributed by atoms with Gasteiger partial charge in [-0.15, -0.1) is 0 Å². The van der Waals surface area contributed by atoms with E-state index in [9.17, 15) is 4.79 Å². The first-order chi connectivity index (χ1) is 13.4. The van der Waals surface area contributed by atoms with Gasteiger partial charge in [0.2, 0.25) is 5.95 Å². The highest BCUT2D eigenvalue weighted by Gasteiger charge is 2.29. The lowest BCUT2D eigenvalue weighted by molar-refractivity contribution is 0.102. The molecule has 0 spiro atoms. The number of amides is 1. The number of hydrogen-bond acceptors (Lipinski definition) is 4. The van der Waals surface area contributed by atoms with Crippen LogP contribution in [-0.4, -0.2) is 21.9 Å². The number of aryl methyl sites for hydroxylation is 1. The van der Waals surface area contributed by atoms with Crippen molar-refractivity contribution in [2.75, 3.05) is 10.2 Å². The van der Waals surface area contributed by atoms with E-state index in [1.54, 1.807) is 12.1 Å². The maximum Gasteiger partial charge on any atom is 0.274 e. The van der Waals surface area contributed by atoms with Gasteiger partial charge in [-0.1, -0.05) is 35.9 Å². The fourth-order valence-electron chi connectivity index (χ4n) is 3.58. The number of carbonyl (C=O) groups is 1. The maximum atomic E-state index is 12.9. The first kappa shape index (κ1) is 18.4. The van der Waals surface area contributed by atoms with E-state index in [1.807, 2.05) is 38.1 Å². The molecule has 2 heterocycles. The number of halogens is 1. The van der Waals surface area contributed by atoms with Crippen molar-refractivity contribution in [2.45, 2.75) is 33.2 Å². The molecule has 2 aromatic carbocycles. The lowest BCUT2D eigenvalue weighted by Gasteiger charge is -2.23. The number of benzene rings is 2. The van der Waals surface area contributed by atoms with Gasteiger partial charge >= 0.3 is 0 Å². The van der Waals surface area contributed by atoms with Crippen LogP contribution in [0, 0.1) is 13.8 Å². The fourth-order valence-corrected chi connectivity index (χ4v) is 3.75. The van der Waals surface area contributed by atoms with E-state index in [2.05, 4.69) is 39.2 Å². The number of rotatable bonds is 3. The summed E-state index contributed by atoms with van der Waals surface area (Å²) in [5.74, 6) is 0.266. The number of nitrogens with zero attached hydrogens (tertiary/aromatic N) is 3. The third-order valence-electron chi connectivity index (χ3n) is 5.01. The monoisotopic (exact) mass is 392 g/mol. The minimum Gasteiger partial charge on any atom is -0.320 e. The zero-order chi connectivity index (χ0) is 19.8. The summed E-state index contributed by atoms with van der Waals surface area (Å²) < 4.78 is 0. The van der Waals surface area contributed by atoms with Crippen LogP contribution in [0.5, 0.6) is 0 Å². The van der Waals surface area contributed by atoms with Crippen molar-refractivity contribution < 1.29 is 4.79 Å². The number of anilines is 3. The summed E-state index contributed by atoms with van der Waals surface area (Å²) in [7, 11) is 0. The summed E-state index contributed by atoms with van der Waals surface area (Å²) in [5.41, 5.74) is 4.94. The van der Waals surface area contributed by atoms with Crippen LogP contribution < -0.4 is 10.2 Å². The molecule has 1 atom stereocenters. The summed E-state index contributed by atoms with van der Waals surface area (Å²) in [4.78, 5) is 24.1. The molecule has 1 aromatic heterocycles. The number of para-hydroxylation sites is 1. The molecule has 3 aromatic rings. The summed E-state index contributed by atoms with van der Waals surface area (Å²) in [5, 5.41) is 3.52.